The molecule has 104 valence electrons. The zero-order chi connectivity index (χ0) is 14.2. The number of nitrogens with one attached hydrogen (secondary N) is 2. The summed E-state index contributed by atoms with van der Waals surface area (Å²) in [6, 6.07) is 0. The average molecular weight is 264 g/mol. The summed E-state index contributed by atoms with van der Waals surface area (Å²) in [7, 11) is 0. The largest absolute Gasteiger partial charge is 0.334 e. The molecule has 0 bridgehead atoms. The van der Waals surface area contributed by atoms with Crippen molar-refractivity contribution in [2.45, 2.75) is 33.2 Å². The summed E-state index contributed by atoms with van der Waals surface area (Å²) in [5.41, 5.74) is 0.810. The van der Waals surface area contributed by atoms with E-state index >= 15 is 0 Å². The van der Waals surface area contributed by atoms with Gasteiger partial charge >= 0.3 is 0 Å². The third-order valence-electron chi connectivity index (χ3n) is 3.40. The van der Waals surface area contributed by atoms with E-state index in [0.717, 1.165) is 6.54 Å². The van der Waals surface area contributed by atoms with Crippen molar-refractivity contribution in [1.29, 1.82) is 0 Å². The van der Waals surface area contributed by atoms with Gasteiger partial charge in [0.25, 0.3) is 11.5 Å². The molecule has 6 heteroatoms. The van der Waals surface area contributed by atoms with Crippen molar-refractivity contribution >= 4 is 5.91 Å². The molecule has 6 nitrogen and oxygen atoms in total. The van der Waals surface area contributed by atoms with Gasteiger partial charge in [-0.3, -0.25) is 9.59 Å². The van der Waals surface area contributed by atoms with Crippen molar-refractivity contribution in [3.8, 4) is 0 Å². The van der Waals surface area contributed by atoms with Gasteiger partial charge in [-0.2, -0.15) is 0 Å². The lowest BCUT2D eigenvalue weighted by atomic mass is 10.0. The van der Waals surface area contributed by atoms with Crippen molar-refractivity contribution in [3.63, 3.8) is 0 Å². The first kappa shape index (κ1) is 13.7. The number of carbonyl (C=O) groups excluding carboxylic acids is 1. The molecule has 0 unspecified atom stereocenters. The fourth-order valence-electron chi connectivity index (χ4n) is 2.23. The van der Waals surface area contributed by atoms with Gasteiger partial charge in [0.1, 0.15) is 0 Å². The van der Waals surface area contributed by atoms with Gasteiger partial charge in [0.2, 0.25) is 0 Å². The number of piperazine rings is 1. The van der Waals surface area contributed by atoms with E-state index in [1.807, 2.05) is 13.8 Å². The Morgan fingerprint density at radius 1 is 1.37 bits per heavy atom. The summed E-state index contributed by atoms with van der Waals surface area (Å²) in [4.78, 5) is 32.7. The highest BCUT2D eigenvalue weighted by Crippen LogP contribution is 2.12. The maximum Gasteiger partial charge on any atom is 0.279 e. The van der Waals surface area contributed by atoms with Gasteiger partial charge in [-0.15, -0.1) is 0 Å². The van der Waals surface area contributed by atoms with Crippen molar-refractivity contribution in [3.05, 3.63) is 27.4 Å². The van der Waals surface area contributed by atoms with E-state index in [1.54, 1.807) is 18.7 Å². The monoisotopic (exact) mass is 264 g/mol. The second kappa shape index (κ2) is 4.77. The lowest BCUT2D eigenvalue weighted by Gasteiger charge is -2.38. The first-order valence-corrected chi connectivity index (χ1v) is 6.42. The molecule has 19 heavy (non-hydrogen) atoms. The molecule has 1 amide bonds. The van der Waals surface area contributed by atoms with E-state index in [-0.39, 0.29) is 17.1 Å². The minimum absolute atomic E-state index is 0.0131. The topological polar surface area (TPSA) is 78.1 Å². The molecule has 0 aromatic carbocycles. The molecule has 1 fully saturated rings. The van der Waals surface area contributed by atoms with Gasteiger partial charge in [-0.1, -0.05) is 0 Å². The molecule has 2 rings (SSSR count). The molecule has 1 aliphatic heterocycles. The van der Waals surface area contributed by atoms with Gasteiger partial charge in [-0.05, 0) is 27.7 Å². The van der Waals surface area contributed by atoms with Crippen LogP contribution in [-0.4, -0.2) is 45.9 Å². The number of amides is 1. The van der Waals surface area contributed by atoms with E-state index in [1.165, 1.54) is 0 Å². The Balaban J connectivity index is 2.30. The number of aromatic nitrogens is 2. The van der Waals surface area contributed by atoms with Crippen LogP contribution in [-0.2, 0) is 0 Å². The van der Waals surface area contributed by atoms with Crippen molar-refractivity contribution in [2.24, 2.45) is 0 Å². The molecule has 0 aliphatic carbocycles. The third kappa shape index (κ3) is 2.84. The third-order valence-corrected chi connectivity index (χ3v) is 3.40. The highest BCUT2D eigenvalue weighted by Gasteiger charge is 2.30. The molecule has 1 aromatic rings. The lowest BCUT2D eigenvalue weighted by molar-refractivity contribution is 0.0644. The molecule has 2 heterocycles. The maximum absolute atomic E-state index is 12.4. The molecule has 1 aromatic heterocycles. The number of H-pyrrole nitrogens is 1. The fourth-order valence-corrected chi connectivity index (χ4v) is 2.23. The molecular weight excluding hydrogens is 244 g/mol. The number of aromatic amines is 1. The van der Waals surface area contributed by atoms with E-state index in [9.17, 15) is 9.59 Å². The Morgan fingerprint density at radius 2 is 2.05 bits per heavy atom. The number of nitrogens with zero attached hydrogens (tertiary/aromatic N) is 2. The van der Waals surface area contributed by atoms with E-state index < -0.39 is 5.56 Å². The Kier molecular flexibility index (Phi) is 3.45. The van der Waals surface area contributed by atoms with Crippen LogP contribution < -0.4 is 10.9 Å². The van der Waals surface area contributed by atoms with E-state index in [0.29, 0.717) is 24.5 Å². The Labute approximate surface area is 112 Å². The van der Waals surface area contributed by atoms with Crippen LogP contribution in [0.1, 0.15) is 35.7 Å². The van der Waals surface area contributed by atoms with Gasteiger partial charge in [0.15, 0.2) is 5.69 Å². The normalized spacial score (nSPS) is 18.4. The molecule has 0 radical (unpaired) electrons. The standard InChI is InChI=1S/C13H20N4O2/c1-8-9(2)16-11(18)10(15-8)12(19)17-6-5-14-13(3,4)7-17/h14H,5-7H2,1-4H3,(H,16,18). The summed E-state index contributed by atoms with van der Waals surface area (Å²) in [6.07, 6.45) is 0. The minimum atomic E-state index is -0.413. The number of rotatable bonds is 1. The van der Waals surface area contributed by atoms with Gasteiger partial charge in [-0.25, -0.2) is 4.98 Å². The number of carbonyl (C=O) groups is 1. The maximum atomic E-state index is 12.4. The Bertz CT molecular complexity index is 562. The van der Waals surface area contributed by atoms with Crippen molar-refractivity contribution in [1.82, 2.24) is 20.2 Å². The van der Waals surface area contributed by atoms with E-state index in [4.69, 9.17) is 0 Å². The first-order chi connectivity index (χ1) is 8.80. The molecular formula is C13H20N4O2. The summed E-state index contributed by atoms with van der Waals surface area (Å²) in [5.74, 6) is -0.293. The number of aryl methyl sites for hydroxylation is 2. The predicted molar refractivity (Wildman–Crippen MR) is 72.3 cm³/mol. The molecule has 0 saturated carbocycles. The molecule has 2 N–H and O–H groups in total. The van der Waals surface area contributed by atoms with Crippen molar-refractivity contribution < 1.29 is 4.79 Å². The second-order valence-electron chi connectivity index (χ2n) is 5.66. The summed E-state index contributed by atoms with van der Waals surface area (Å²) >= 11 is 0. The highest BCUT2D eigenvalue weighted by molar-refractivity contribution is 5.92. The number of hydrogen-bond acceptors (Lipinski definition) is 4. The van der Waals surface area contributed by atoms with Crippen LogP contribution in [0.15, 0.2) is 4.79 Å². The zero-order valence-corrected chi connectivity index (χ0v) is 11.8. The van der Waals surface area contributed by atoms with Crippen LogP contribution in [0.2, 0.25) is 0 Å². The lowest BCUT2D eigenvalue weighted by Crippen LogP contribution is -2.58. The molecule has 1 aliphatic rings. The quantitative estimate of drug-likeness (QED) is 0.760. The van der Waals surface area contributed by atoms with Gasteiger partial charge < -0.3 is 15.2 Å². The van der Waals surface area contributed by atoms with Crippen molar-refractivity contribution in [2.75, 3.05) is 19.6 Å². The summed E-state index contributed by atoms with van der Waals surface area (Å²) in [5, 5.41) is 3.33. The smallest absolute Gasteiger partial charge is 0.279 e. The Morgan fingerprint density at radius 3 is 2.68 bits per heavy atom. The minimum Gasteiger partial charge on any atom is -0.334 e. The first-order valence-electron chi connectivity index (χ1n) is 6.42. The highest BCUT2D eigenvalue weighted by atomic mass is 16.2. The summed E-state index contributed by atoms with van der Waals surface area (Å²) < 4.78 is 0. The van der Waals surface area contributed by atoms with Crippen LogP contribution in [0, 0.1) is 13.8 Å². The van der Waals surface area contributed by atoms with Gasteiger partial charge in [0.05, 0.1) is 5.69 Å². The van der Waals surface area contributed by atoms with Crippen LogP contribution in [0.3, 0.4) is 0 Å². The SMILES string of the molecule is Cc1nc(C(=O)N2CCNC(C)(C)C2)c(=O)[nH]c1C. The van der Waals surface area contributed by atoms with E-state index in [2.05, 4.69) is 15.3 Å². The number of hydrogen-bond donors (Lipinski definition) is 2. The molecule has 0 spiro atoms. The van der Waals surface area contributed by atoms with Crippen LogP contribution in [0.25, 0.3) is 0 Å². The van der Waals surface area contributed by atoms with Gasteiger partial charge in [0, 0.05) is 30.9 Å². The molecule has 0 atom stereocenters. The fraction of sp³-hybridized carbons (Fsp3) is 0.615. The van der Waals surface area contributed by atoms with Crippen LogP contribution >= 0.6 is 0 Å². The molecule has 1 saturated heterocycles. The Hall–Kier alpha value is -1.69. The summed E-state index contributed by atoms with van der Waals surface area (Å²) in [6.45, 7) is 9.50. The van der Waals surface area contributed by atoms with Crippen LogP contribution in [0.5, 0.6) is 0 Å². The zero-order valence-electron chi connectivity index (χ0n) is 11.8. The predicted octanol–water partition coefficient (Wildman–Crippen LogP) is 0.211. The van der Waals surface area contributed by atoms with Crippen LogP contribution in [0.4, 0.5) is 0 Å². The second-order valence-corrected chi connectivity index (χ2v) is 5.66. The average Bonchev–Trinajstić information content (AvgIpc) is 2.31.